The Bertz CT molecular complexity index is 1390. The molecule has 0 fully saturated rings. The van der Waals surface area contributed by atoms with Gasteiger partial charge in [0.1, 0.15) is 12.6 Å². The van der Waals surface area contributed by atoms with Crippen LogP contribution in [0.25, 0.3) is 0 Å². The van der Waals surface area contributed by atoms with Crippen molar-refractivity contribution >= 4 is 55.1 Å². The van der Waals surface area contributed by atoms with E-state index >= 15 is 0 Å². The molecule has 7 nitrogen and oxygen atoms in total. The van der Waals surface area contributed by atoms with Crippen LogP contribution in [0.2, 0.25) is 5.02 Å². The molecule has 39 heavy (non-hydrogen) atoms. The zero-order valence-electron chi connectivity index (χ0n) is 22.2. The lowest BCUT2D eigenvalue weighted by molar-refractivity contribution is -0.140. The van der Waals surface area contributed by atoms with Crippen LogP contribution in [0.15, 0.2) is 83.3 Å². The van der Waals surface area contributed by atoms with Crippen molar-refractivity contribution in [1.82, 2.24) is 10.2 Å². The third kappa shape index (κ3) is 9.08. The molecule has 1 N–H and O–H groups in total. The number of carbonyl (C=O) groups is 2. The van der Waals surface area contributed by atoms with E-state index in [-0.39, 0.29) is 35.5 Å². The summed E-state index contributed by atoms with van der Waals surface area (Å²) in [6.45, 7) is 4.01. The molecule has 3 rings (SSSR count). The molecule has 0 heterocycles. The van der Waals surface area contributed by atoms with Crippen molar-refractivity contribution in [3.05, 3.63) is 99.5 Å². The van der Waals surface area contributed by atoms with Gasteiger partial charge in [-0.05, 0) is 41.3 Å². The first-order valence-electron chi connectivity index (χ1n) is 12.5. The Labute approximate surface area is 244 Å². The highest BCUT2D eigenvalue weighted by Gasteiger charge is 2.33. The maximum absolute atomic E-state index is 14.0. The third-order valence-corrected chi connectivity index (χ3v) is 7.94. The van der Waals surface area contributed by atoms with E-state index in [0.29, 0.717) is 6.54 Å². The number of anilines is 1. The number of para-hydroxylation sites is 1. The molecule has 1 atom stereocenters. The molecular formula is C29H33BrClN3O4S. The fraction of sp³-hybridized carbons (Fsp3) is 0.310. The summed E-state index contributed by atoms with van der Waals surface area (Å²) in [5.74, 6) is -0.623. The van der Waals surface area contributed by atoms with E-state index in [4.69, 9.17) is 11.6 Å². The summed E-state index contributed by atoms with van der Waals surface area (Å²) in [6.07, 6.45) is 1.29. The van der Waals surface area contributed by atoms with Gasteiger partial charge in [-0.1, -0.05) is 96.0 Å². The van der Waals surface area contributed by atoms with Gasteiger partial charge in [-0.25, -0.2) is 8.42 Å². The number of sulfonamides is 1. The van der Waals surface area contributed by atoms with Crippen LogP contribution < -0.4 is 9.62 Å². The van der Waals surface area contributed by atoms with E-state index in [0.717, 1.165) is 26.2 Å². The highest BCUT2D eigenvalue weighted by Crippen LogP contribution is 2.28. The van der Waals surface area contributed by atoms with Crippen LogP contribution in [-0.2, 0) is 32.6 Å². The van der Waals surface area contributed by atoms with Gasteiger partial charge in [-0.2, -0.15) is 0 Å². The number of benzene rings is 3. The fourth-order valence-corrected chi connectivity index (χ4v) is 5.65. The van der Waals surface area contributed by atoms with Crippen molar-refractivity contribution < 1.29 is 18.0 Å². The van der Waals surface area contributed by atoms with Gasteiger partial charge in [0.15, 0.2) is 0 Å². The number of nitrogens with one attached hydrogen (secondary N) is 1. The van der Waals surface area contributed by atoms with Crippen molar-refractivity contribution in [2.45, 2.75) is 32.9 Å². The Morgan fingerprint density at radius 2 is 1.59 bits per heavy atom. The second kappa shape index (κ2) is 14.0. The molecule has 0 radical (unpaired) electrons. The van der Waals surface area contributed by atoms with Crippen molar-refractivity contribution in [2.75, 3.05) is 23.7 Å². The number of rotatable bonds is 12. The lowest BCUT2D eigenvalue weighted by Gasteiger charge is -2.33. The summed E-state index contributed by atoms with van der Waals surface area (Å²) in [5, 5.41) is 3.16. The predicted molar refractivity (Wildman–Crippen MR) is 160 cm³/mol. The Balaban J connectivity index is 2.05. The van der Waals surface area contributed by atoms with E-state index < -0.39 is 28.5 Å². The van der Waals surface area contributed by atoms with E-state index in [1.807, 2.05) is 68.4 Å². The van der Waals surface area contributed by atoms with E-state index in [1.54, 1.807) is 24.3 Å². The van der Waals surface area contributed by atoms with Gasteiger partial charge >= 0.3 is 0 Å². The molecular weight excluding hydrogens is 602 g/mol. The summed E-state index contributed by atoms with van der Waals surface area (Å²) in [4.78, 5) is 29.1. The Hall–Kier alpha value is -2.88. The Morgan fingerprint density at radius 1 is 0.949 bits per heavy atom. The molecule has 0 bridgehead atoms. The number of nitrogens with zero attached hydrogens (tertiary/aromatic N) is 2. The molecule has 0 spiro atoms. The molecule has 3 aromatic rings. The van der Waals surface area contributed by atoms with Crippen LogP contribution in [0.3, 0.4) is 0 Å². The van der Waals surface area contributed by atoms with Gasteiger partial charge in [-0.3, -0.25) is 13.9 Å². The fourth-order valence-electron chi connectivity index (χ4n) is 4.06. The average Bonchev–Trinajstić information content (AvgIpc) is 2.88. The van der Waals surface area contributed by atoms with Gasteiger partial charge in [0.25, 0.3) is 0 Å². The third-order valence-electron chi connectivity index (χ3n) is 6.00. The van der Waals surface area contributed by atoms with Crippen LogP contribution in [0.4, 0.5) is 5.69 Å². The van der Waals surface area contributed by atoms with E-state index in [1.165, 1.54) is 4.90 Å². The standard InChI is InChI=1S/C29H33BrClN3O4S/c1-21(2)18-32-29(36)27(17-22-10-5-4-6-11-22)33(19-23-12-9-13-24(30)16-23)28(35)20-34(39(3,37)38)26-15-8-7-14-25(26)31/h4-16,21,27H,17-20H2,1-3H3,(H,32,36)/t27-/m0/s1. The van der Waals surface area contributed by atoms with Crippen LogP contribution >= 0.6 is 27.5 Å². The topological polar surface area (TPSA) is 86.8 Å². The first-order valence-corrected chi connectivity index (χ1v) is 15.6. The minimum absolute atomic E-state index is 0.102. The number of amides is 2. The normalized spacial score (nSPS) is 12.2. The summed E-state index contributed by atoms with van der Waals surface area (Å²) in [6, 6.07) is 22.5. The summed E-state index contributed by atoms with van der Waals surface area (Å²) in [7, 11) is -3.88. The molecule has 0 aliphatic rings. The summed E-state index contributed by atoms with van der Waals surface area (Å²) < 4.78 is 27.5. The smallest absolute Gasteiger partial charge is 0.244 e. The van der Waals surface area contributed by atoms with Gasteiger partial charge in [0.05, 0.1) is 17.0 Å². The van der Waals surface area contributed by atoms with E-state index in [2.05, 4.69) is 21.2 Å². The monoisotopic (exact) mass is 633 g/mol. The largest absolute Gasteiger partial charge is 0.354 e. The maximum atomic E-state index is 14.0. The summed E-state index contributed by atoms with van der Waals surface area (Å²) >= 11 is 9.80. The second-order valence-corrected chi connectivity index (χ2v) is 12.9. The van der Waals surface area contributed by atoms with Crippen molar-refractivity contribution in [1.29, 1.82) is 0 Å². The molecule has 208 valence electrons. The lowest BCUT2D eigenvalue weighted by atomic mass is 10.0. The van der Waals surface area contributed by atoms with Gasteiger partial charge in [0.2, 0.25) is 21.8 Å². The number of hydrogen-bond donors (Lipinski definition) is 1. The average molecular weight is 635 g/mol. The molecule has 0 unspecified atom stereocenters. The highest BCUT2D eigenvalue weighted by atomic mass is 79.9. The number of hydrogen-bond acceptors (Lipinski definition) is 4. The predicted octanol–water partition coefficient (Wildman–Crippen LogP) is 5.28. The molecule has 0 saturated heterocycles. The van der Waals surface area contributed by atoms with Crippen molar-refractivity contribution in [3.63, 3.8) is 0 Å². The molecule has 0 aromatic heterocycles. The maximum Gasteiger partial charge on any atom is 0.244 e. The first-order chi connectivity index (χ1) is 18.5. The highest BCUT2D eigenvalue weighted by molar-refractivity contribution is 9.10. The van der Waals surface area contributed by atoms with Crippen LogP contribution in [0, 0.1) is 5.92 Å². The van der Waals surface area contributed by atoms with Crippen LogP contribution in [0.1, 0.15) is 25.0 Å². The molecule has 0 saturated carbocycles. The molecule has 3 aromatic carbocycles. The zero-order valence-corrected chi connectivity index (χ0v) is 25.3. The van der Waals surface area contributed by atoms with Gasteiger partial charge < -0.3 is 10.2 Å². The quantitative estimate of drug-likeness (QED) is 0.294. The molecule has 0 aliphatic carbocycles. The second-order valence-electron chi connectivity index (χ2n) is 9.72. The van der Waals surface area contributed by atoms with Gasteiger partial charge in [-0.15, -0.1) is 0 Å². The lowest BCUT2D eigenvalue weighted by Crippen LogP contribution is -2.53. The van der Waals surface area contributed by atoms with Gasteiger partial charge in [0, 0.05) is 24.0 Å². The zero-order chi connectivity index (χ0) is 28.6. The number of carbonyl (C=O) groups excluding carboxylic acids is 2. The molecule has 2 amide bonds. The Kier molecular flexibility index (Phi) is 11.0. The van der Waals surface area contributed by atoms with Crippen molar-refractivity contribution in [2.24, 2.45) is 5.92 Å². The molecule has 10 heteroatoms. The number of halogens is 2. The first kappa shape index (κ1) is 30.7. The van der Waals surface area contributed by atoms with Crippen LogP contribution in [0.5, 0.6) is 0 Å². The SMILES string of the molecule is CC(C)CNC(=O)[C@H](Cc1ccccc1)N(Cc1cccc(Br)c1)C(=O)CN(c1ccccc1Cl)S(C)(=O)=O. The minimum Gasteiger partial charge on any atom is -0.354 e. The molecule has 0 aliphatic heterocycles. The van der Waals surface area contributed by atoms with E-state index in [9.17, 15) is 18.0 Å². The summed E-state index contributed by atoms with van der Waals surface area (Å²) in [5.41, 5.74) is 1.86. The minimum atomic E-state index is -3.88. The Morgan fingerprint density at radius 3 is 2.21 bits per heavy atom. The van der Waals surface area contributed by atoms with Crippen molar-refractivity contribution in [3.8, 4) is 0 Å². The van der Waals surface area contributed by atoms with Crippen LogP contribution in [-0.4, -0.2) is 50.5 Å².